The first kappa shape index (κ1) is 17.5. The molecule has 0 aliphatic rings. The lowest BCUT2D eigenvalue weighted by Gasteiger charge is -2.10. The van der Waals surface area contributed by atoms with Crippen LogP contribution in [0.1, 0.15) is 15.9 Å². The zero-order valence-electron chi connectivity index (χ0n) is 12.9. The van der Waals surface area contributed by atoms with E-state index in [1.807, 2.05) is 0 Å². The molecule has 0 fully saturated rings. The van der Waals surface area contributed by atoms with Crippen LogP contribution in [-0.4, -0.2) is 15.8 Å². The lowest BCUT2D eigenvalue weighted by atomic mass is 9.97. The van der Waals surface area contributed by atoms with Gasteiger partial charge < -0.3 is 0 Å². The molecule has 2 aromatic carbocycles. The van der Waals surface area contributed by atoms with E-state index < -0.39 is 0 Å². The van der Waals surface area contributed by atoms with E-state index in [-0.39, 0.29) is 5.78 Å². The molecule has 0 bridgehead atoms. The topological polar surface area (TPSA) is 42.9 Å². The molecule has 128 valence electrons. The number of hydrogen-bond donors (Lipinski definition) is 0. The molecule has 4 aromatic rings. The van der Waals surface area contributed by atoms with Gasteiger partial charge in [-0.15, -0.1) is 0 Å². The molecule has 2 heterocycles. The van der Waals surface area contributed by atoms with Crippen LogP contribution in [0.5, 0.6) is 0 Å². The Bertz CT molecular complexity index is 1110. The van der Waals surface area contributed by atoms with Crippen molar-refractivity contribution in [1.82, 2.24) is 9.97 Å². The summed E-state index contributed by atoms with van der Waals surface area (Å²) in [4.78, 5) is 21.8. The molecule has 3 nitrogen and oxygen atoms in total. The minimum atomic E-state index is -0.221. The third-order valence-electron chi connectivity index (χ3n) is 4.02. The van der Waals surface area contributed by atoms with Gasteiger partial charge in [-0.05, 0) is 36.4 Å². The monoisotopic (exact) mass is 420 g/mol. The first-order valence-corrected chi connectivity index (χ1v) is 8.99. The molecule has 0 radical (unpaired) electrons. The van der Waals surface area contributed by atoms with E-state index in [1.165, 1.54) is 0 Å². The van der Waals surface area contributed by atoms with Crippen molar-refractivity contribution in [3.05, 3.63) is 80.0 Å². The van der Waals surface area contributed by atoms with Crippen LogP contribution in [0.15, 0.2) is 48.8 Å². The highest BCUT2D eigenvalue weighted by atomic mass is 35.5. The van der Waals surface area contributed by atoms with Gasteiger partial charge in [-0.1, -0.05) is 46.4 Å². The Morgan fingerprint density at radius 3 is 1.54 bits per heavy atom. The van der Waals surface area contributed by atoms with Crippen molar-refractivity contribution in [2.45, 2.75) is 0 Å². The number of fused-ring (bicyclic) bond motifs is 2. The number of hydrogen-bond acceptors (Lipinski definition) is 3. The van der Waals surface area contributed by atoms with Crippen molar-refractivity contribution >= 4 is 74.0 Å². The Morgan fingerprint density at radius 2 is 1.12 bits per heavy atom. The standard InChI is InChI=1S/C19H8Cl4N2O/c20-9-5-13-11(1-3-24-17(13)15(22)7-9)19(26)12-2-4-25-18-14(12)6-10(21)8-16(18)23/h1-8H. The predicted molar refractivity (Wildman–Crippen MR) is 107 cm³/mol. The lowest BCUT2D eigenvalue weighted by Crippen LogP contribution is -2.04. The number of carbonyl (C=O) groups is 1. The number of aromatic nitrogens is 2. The Morgan fingerprint density at radius 1 is 0.692 bits per heavy atom. The Labute approximate surface area is 168 Å². The molecule has 0 N–H and O–H groups in total. The highest BCUT2D eigenvalue weighted by molar-refractivity contribution is 6.40. The molecule has 4 rings (SSSR count). The van der Waals surface area contributed by atoms with E-state index in [1.54, 1.807) is 48.8 Å². The summed E-state index contributed by atoms with van der Waals surface area (Å²) in [5.41, 5.74) is 1.89. The van der Waals surface area contributed by atoms with Gasteiger partial charge in [0.15, 0.2) is 5.78 Å². The Balaban J connectivity index is 2.01. The molecule has 0 saturated heterocycles. The molecule has 7 heteroatoms. The first-order valence-electron chi connectivity index (χ1n) is 7.48. The fourth-order valence-electron chi connectivity index (χ4n) is 2.90. The lowest BCUT2D eigenvalue weighted by molar-refractivity contribution is 0.104. The molecule has 0 aliphatic heterocycles. The molecule has 0 unspecified atom stereocenters. The number of nitrogens with zero attached hydrogens (tertiary/aromatic N) is 2. The van der Waals surface area contributed by atoms with Crippen molar-refractivity contribution < 1.29 is 4.79 Å². The van der Waals surface area contributed by atoms with Crippen molar-refractivity contribution in [2.24, 2.45) is 0 Å². The minimum absolute atomic E-state index is 0.221. The first-order chi connectivity index (χ1) is 12.5. The maximum absolute atomic E-state index is 13.3. The third kappa shape index (κ3) is 2.91. The van der Waals surface area contributed by atoms with Crippen molar-refractivity contribution in [3.8, 4) is 0 Å². The molecule has 2 aromatic heterocycles. The van der Waals surface area contributed by atoms with Gasteiger partial charge in [0.05, 0.1) is 21.1 Å². The third-order valence-corrected chi connectivity index (χ3v) is 5.03. The predicted octanol–water partition coefficient (Wildman–Crippen LogP) is 6.63. The molecule has 0 amide bonds. The maximum atomic E-state index is 13.3. The van der Waals surface area contributed by atoms with Crippen molar-refractivity contribution in [1.29, 1.82) is 0 Å². The molecular formula is C19H8Cl4N2O. The summed E-state index contributed by atoms with van der Waals surface area (Å²) in [7, 11) is 0. The van der Waals surface area contributed by atoms with Crippen LogP contribution in [-0.2, 0) is 0 Å². The van der Waals surface area contributed by atoms with Gasteiger partial charge >= 0.3 is 0 Å². The molecular weight excluding hydrogens is 414 g/mol. The maximum Gasteiger partial charge on any atom is 0.194 e. The van der Waals surface area contributed by atoms with Gasteiger partial charge in [0.2, 0.25) is 0 Å². The number of halogens is 4. The summed E-state index contributed by atoms with van der Waals surface area (Å²) in [6, 6.07) is 9.80. The second-order valence-electron chi connectivity index (χ2n) is 5.61. The largest absolute Gasteiger partial charge is 0.289 e. The summed E-state index contributed by atoms with van der Waals surface area (Å²) >= 11 is 24.7. The molecule has 0 spiro atoms. The average molecular weight is 422 g/mol. The summed E-state index contributed by atoms with van der Waals surface area (Å²) in [6.07, 6.45) is 3.08. The van der Waals surface area contributed by atoms with Gasteiger partial charge in [-0.3, -0.25) is 14.8 Å². The molecule has 0 atom stereocenters. The smallest absolute Gasteiger partial charge is 0.194 e. The highest BCUT2D eigenvalue weighted by Gasteiger charge is 2.18. The second kappa shape index (κ2) is 6.67. The zero-order chi connectivity index (χ0) is 18.4. The summed E-state index contributed by atoms with van der Waals surface area (Å²) < 4.78 is 0. The number of pyridine rings is 2. The van der Waals surface area contributed by atoms with Crippen LogP contribution < -0.4 is 0 Å². The van der Waals surface area contributed by atoms with Gasteiger partial charge in [-0.2, -0.15) is 0 Å². The average Bonchev–Trinajstić information content (AvgIpc) is 2.60. The summed E-state index contributed by atoms with van der Waals surface area (Å²) in [5.74, 6) is -0.221. The Kier molecular flexibility index (Phi) is 4.49. The van der Waals surface area contributed by atoms with Crippen LogP contribution in [0.4, 0.5) is 0 Å². The number of rotatable bonds is 2. The SMILES string of the molecule is O=C(c1ccnc2c(Cl)cc(Cl)cc12)c1ccnc2c(Cl)cc(Cl)cc12. The van der Waals surface area contributed by atoms with E-state index in [4.69, 9.17) is 46.4 Å². The summed E-state index contributed by atoms with van der Waals surface area (Å²) in [6.45, 7) is 0. The zero-order valence-corrected chi connectivity index (χ0v) is 16.0. The van der Waals surface area contributed by atoms with Crippen LogP contribution in [0.2, 0.25) is 20.1 Å². The minimum Gasteiger partial charge on any atom is -0.289 e. The van der Waals surface area contributed by atoms with Gasteiger partial charge in [0.1, 0.15) is 0 Å². The fraction of sp³-hybridized carbons (Fsp3) is 0. The summed E-state index contributed by atoms with van der Waals surface area (Å²) in [5, 5.41) is 2.77. The fourth-order valence-corrected chi connectivity index (χ4v) is 3.98. The molecule has 26 heavy (non-hydrogen) atoms. The van der Waals surface area contributed by atoms with Gasteiger partial charge in [-0.25, -0.2) is 0 Å². The van der Waals surface area contributed by atoms with Crippen LogP contribution >= 0.6 is 46.4 Å². The van der Waals surface area contributed by atoms with E-state index >= 15 is 0 Å². The van der Waals surface area contributed by atoms with Crippen LogP contribution in [0.3, 0.4) is 0 Å². The quantitative estimate of drug-likeness (QED) is 0.341. The van der Waals surface area contributed by atoms with E-state index in [0.717, 1.165) is 0 Å². The van der Waals surface area contributed by atoms with E-state index in [9.17, 15) is 4.79 Å². The van der Waals surface area contributed by atoms with Gasteiger partial charge in [0, 0.05) is 44.3 Å². The van der Waals surface area contributed by atoms with E-state index in [0.29, 0.717) is 53.0 Å². The second-order valence-corrected chi connectivity index (χ2v) is 7.30. The molecule has 0 aliphatic carbocycles. The van der Waals surface area contributed by atoms with Crippen molar-refractivity contribution in [3.63, 3.8) is 0 Å². The number of carbonyl (C=O) groups excluding carboxylic acids is 1. The van der Waals surface area contributed by atoms with Gasteiger partial charge in [0.25, 0.3) is 0 Å². The normalized spacial score (nSPS) is 11.2. The van der Waals surface area contributed by atoms with E-state index in [2.05, 4.69) is 9.97 Å². The number of benzene rings is 2. The highest BCUT2D eigenvalue weighted by Crippen LogP contribution is 2.32. The number of ketones is 1. The molecule has 0 saturated carbocycles. The Hall–Kier alpha value is -1.91. The van der Waals surface area contributed by atoms with Crippen LogP contribution in [0, 0.1) is 0 Å². The van der Waals surface area contributed by atoms with Crippen LogP contribution in [0.25, 0.3) is 21.8 Å². The van der Waals surface area contributed by atoms with Crippen molar-refractivity contribution in [2.75, 3.05) is 0 Å².